The van der Waals surface area contributed by atoms with Crippen molar-refractivity contribution in [3.8, 4) is 5.75 Å². The van der Waals surface area contributed by atoms with Gasteiger partial charge in [0.05, 0.1) is 18.5 Å². The highest BCUT2D eigenvalue weighted by Gasteiger charge is 2.28. The first kappa shape index (κ1) is 21.4. The predicted octanol–water partition coefficient (Wildman–Crippen LogP) is 2.61. The number of carbonyl (C=O) groups excluding carboxylic acids is 3. The Balaban J connectivity index is 1.97. The molecule has 2 aromatic rings. The summed E-state index contributed by atoms with van der Waals surface area (Å²) in [5.41, 5.74) is 0.580. The number of thiophene rings is 1. The zero-order chi connectivity index (χ0) is 20.7. The Hall–Kier alpha value is -2.87. The smallest absolute Gasteiger partial charge is 0.262 e. The molecule has 3 amide bonds. The van der Waals surface area contributed by atoms with Crippen LogP contribution in [-0.4, -0.2) is 49.4 Å². The SMILES string of the molecule is COc1cccc(NC(=O)CN(C)C(=O)C(NC(=O)c2cccs2)C(C)C)c1. The molecule has 8 heteroatoms. The molecule has 0 fully saturated rings. The van der Waals surface area contributed by atoms with Gasteiger partial charge >= 0.3 is 0 Å². The number of methoxy groups -OCH3 is 1. The molecule has 1 heterocycles. The number of benzene rings is 1. The molecule has 0 aliphatic heterocycles. The third kappa shape index (κ3) is 5.82. The summed E-state index contributed by atoms with van der Waals surface area (Å²) in [6.07, 6.45) is 0. The molecule has 0 aliphatic rings. The van der Waals surface area contributed by atoms with Gasteiger partial charge in [0.25, 0.3) is 5.91 Å². The maximum absolute atomic E-state index is 12.8. The van der Waals surface area contributed by atoms with Crippen LogP contribution in [0.4, 0.5) is 5.69 Å². The molecule has 1 unspecified atom stereocenters. The topological polar surface area (TPSA) is 87.7 Å². The van der Waals surface area contributed by atoms with Gasteiger partial charge in [-0.2, -0.15) is 0 Å². The molecule has 1 aromatic heterocycles. The van der Waals surface area contributed by atoms with E-state index >= 15 is 0 Å². The number of nitrogens with zero attached hydrogens (tertiary/aromatic N) is 1. The van der Waals surface area contributed by atoms with Gasteiger partial charge in [0.1, 0.15) is 11.8 Å². The van der Waals surface area contributed by atoms with Gasteiger partial charge in [-0.1, -0.05) is 26.0 Å². The molecule has 0 saturated carbocycles. The molecule has 28 heavy (non-hydrogen) atoms. The van der Waals surface area contributed by atoms with Crippen LogP contribution in [0.3, 0.4) is 0 Å². The van der Waals surface area contributed by atoms with Crippen molar-refractivity contribution in [3.05, 3.63) is 46.7 Å². The molecule has 0 spiro atoms. The number of carbonyl (C=O) groups is 3. The van der Waals surface area contributed by atoms with Crippen LogP contribution < -0.4 is 15.4 Å². The number of hydrogen-bond acceptors (Lipinski definition) is 5. The van der Waals surface area contributed by atoms with Gasteiger partial charge in [-0.3, -0.25) is 14.4 Å². The molecular formula is C20H25N3O4S. The number of hydrogen-bond donors (Lipinski definition) is 2. The zero-order valence-electron chi connectivity index (χ0n) is 16.4. The zero-order valence-corrected chi connectivity index (χ0v) is 17.2. The van der Waals surface area contributed by atoms with E-state index in [-0.39, 0.29) is 30.2 Å². The molecule has 0 bridgehead atoms. The van der Waals surface area contributed by atoms with Crippen LogP contribution in [0.2, 0.25) is 0 Å². The number of ether oxygens (including phenoxy) is 1. The fourth-order valence-corrected chi connectivity index (χ4v) is 3.19. The van der Waals surface area contributed by atoms with E-state index in [0.717, 1.165) is 0 Å². The van der Waals surface area contributed by atoms with Crippen LogP contribution >= 0.6 is 11.3 Å². The van der Waals surface area contributed by atoms with Crippen LogP contribution in [-0.2, 0) is 9.59 Å². The van der Waals surface area contributed by atoms with E-state index in [1.54, 1.807) is 55.9 Å². The summed E-state index contributed by atoms with van der Waals surface area (Å²) in [7, 11) is 3.09. The van der Waals surface area contributed by atoms with Gasteiger partial charge in [0.15, 0.2) is 0 Å². The van der Waals surface area contributed by atoms with Crippen molar-refractivity contribution in [1.29, 1.82) is 0 Å². The lowest BCUT2D eigenvalue weighted by molar-refractivity contribution is -0.135. The van der Waals surface area contributed by atoms with Crippen LogP contribution in [0.5, 0.6) is 5.75 Å². The minimum absolute atomic E-state index is 0.125. The standard InChI is InChI=1S/C20H25N3O4S/c1-13(2)18(22-19(25)16-9-6-10-28-16)20(26)23(3)12-17(24)21-14-7-5-8-15(11-14)27-4/h5-11,13,18H,12H2,1-4H3,(H,21,24)(H,22,25). The van der Waals surface area contributed by atoms with E-state index in [1.807, 2.05) is 13.8 Å². The Bertz CT molecular complexity index is 821. The Kier molecular flexibility index (Phi) is 7.57. The summed E-state index contributed by atoms with van der Waals surface area (Å²) in [4.78, 5) is 39.3. The summed E-state index contributed by atoms with van der Waals surface area (Å²) >= 11 is 1.31. The third-order valence-electron chi connectivity index (χ3n) is 4.07. The first-order valence-corrected chi connectivity index (χ1v) is 9.73. The molecule has 150 valence electrons. The molecule has 0 saturated heterocycles. The second-order valence-corrected chi connectivity index (χ2v) is 7.59. The summed E-state index contributed by atoms with van der Waals surface area (Å²) < 4.78 is 5.13. The lowest BCUT2D eigenvalue weighted by Crippen LogP contribution is -2.51. The van der Waals surface area contributed by atoms with Crippen molar-refractivity contribution in [2.24, 2.45) is 5.92 Å². The van der Waals surface area contributed by atoms with Crippen LogP contribution in [0.25, 0.3) is 0 Å². The van der Waals surface area contributed by atoms with Crippen molar-refractivity contribution in [3.63, 3.8) is 0 Å². The van der Waals surface area contributed by atoms with E-state index in [9.17, 15) is 14.4 Å². The number of anilines is 1. The van der Waals surface area contributed by atoms with Crippen molar-refractivity contribution in [1.82, 2.24) is 10.2 Å². The van der Waals surface area contributed by atoms with Gasteiger partial charge < -0.3 is 20.3 Å². The van der Waals surface area contributed by atoms with E-state index in [0.29, 0.717) is 16.3 Å². The third-order valence-corrected chi connectivity index (χ3v) is 4.94. The quantitative estimate of drug-likeness (QED) is 0.709. The largest absolute Gasteiger partial charge is 0.497 e. The summed E-state index contributed by atoms with van der Waals surface area (Å²) in [5, 5.41) is 7.31. The summed E-state index contributed by atoms with van der Waals surface area (Å²) in [5.74, 6) is -0.452. The first-order valence-electron chi connectivity index (χ1n) is 8.85. The minimum Gasteiger partial charge on any atom is -0.497 e. The lowest BCUT2D eigenvalue weighted by Gasteiger charge is -2.26. The summed E-state index contributed by atoms with van der Waals surface area (Å²) in [6.45, 7) is 3.57. The monoisotopic (exact) mass is 403 g/mol. The number of nitrogens with one attached hydrogen (secondary N) is 2. The normalized spacial score (nSPS) is 11.6. The number of likely N-dealkylation sites (N-methyl/N-ethyl adjacent to an activating group) is 1. The van der Waals surface area contributed by atoms with Gasteiger partial charge in [0, 0.05) is 18.8 Å². The highest BCUT2D eigenvalue weighted by atomic mass is 32.1. The van der Waals surface area contributed by atoms with Crippen molar-refractivity contribution in [2.75, 3.05) is 26.0 Å². The van der Waals surface area contributed by atoms with E-state index in [2.05, 4.69) is 10.6 Å². The molecular weight excluding hydrogens is 378 g/mol. The molecule has 1 atom stereocenters. The number of amides is 3. The second kappa shape index (κ2) is 9.89. The fraction of sp³-hybridized carbons (Fsp3) is 0.350. The molecule has 7 nitrogen and oxygen atoms in total. The highest BCUT2D eigenvalue weighted by molar-refractivity contribution is 7.12. The van der Waals surface area contributed by atoms with E-state index in [4.69, 9.17) is 4.74 Å². The Morgan fingerprint density at radius 3 is 2.54 bits per heavy atom. The molecule has 2 rings (SSSR count). The molecule has 0 radical (unpaired) electrons. The van der Waals surface area contributed by atoms with Crippen LogP contribution in [0.15, 0.2) is 41.8 Å². The van der Waals surface area contributed by atoms with E-state index in [1.165, 1.54) is 16.2 Å². The van der Waals surface area contributed by atoms with Crippen molar-refractivity contribution >= 4 is 34.7 Å². The average Bonchev–Trinajstić information content (AvgIpc) is 3.20. The average molecular weight is 404 g/mol. The highest BCUT2D eigenvalue weighted by Crippen LogP contribution is 2.17. The lowest BCUT2D eigenvalue weighted by atomic mass is 10.0. The Morgan fingerprint density at radius 1 is 1.18 bits per heavy atom. The van der Waals surface area contributed by atoms with Gasteiger partial charge in [-0.05, 0) is 29.5 Å². The van der Waals surface area contributed by atoms with E-state index < -0.39 is 6.04 Å². The predicted molar refractivity (Wildman–Crippen MR) is 110 cm³/mol. The van der Waals surface area contributed by atoms with Gasteiger partial charge in [-0.15, -0.1) is 11.3 Å². The van der Waals surface area contributed by atoms with Crippen molar-refractivity contribution < 1.29 is 19.1 Å². The second-order valence-electron chi connectivity index (χ2n) is 6.65. The minimum atomic E-state index is -0.718. The van der Waals surface area contributed by atoms with Crippen LogP contribution in [0, 0.1) is 5.92 Å². The van der Waals surface area contributed by atoms with Crippen LogP contribution in [0.1, 0.15) is 23.5 Å². The molecule has 1 aromatic carbocycles. The molecule has 2 N–H and O–H groups in total. The maximum Gasteiger partial charge on any atom is 0.262 e. The first-order chi connectivity index (χ1) is 13.3. The fourth-order valence-electron chi connectivity index (χ4n) is 2.57. The molecule has 0 aliphatic carbocycles. The maximum atomic E-state index is 12.8. The van der Waals surface area contributed by atoms with Gasteiger partial charge in [0.2, 0.25) is 11.8 Å². The Morgan fingerprint density at radius 2 is 1.93 bits per heavy atom. The Labute approximate surface area is 168 Å². The summed E-state index contributed by atoms with van der Waals surface area (Å²) in [6, 6.07) is 9.73. The number of rotatable bonds is 8. The van der Waals surface area contributed by atoms with Gasteiger partial charge in [-0.25, -0.2) is 0 Å². The van der Waals surface area contributed by atoms with Crippen molar-refractivity contribution in [2.45, 2.75) is 19.9 Å².